The number of fused-ring (bicyclic) bond motifs is 1. The van der Waals surface area contributed by atoms with Crippen LogP contribution < -0.4 is 11.1 Å². The molecule has 0 aliphatic heterocycles. The van der Waals surface area contributed by atoms with Gasteiger partial charge in [0.25, 0.3) is 5.91 Å². The molecule has 4 N–H and O–H groups in total. The number of hydrogen-bond donors (Lipinski definition) is 3. The molecule has 0 fully saturated rings. The van der Waals surface area contributed by atoms with E-state index >= 15 is 0 Å². The Labute approximate surface area is 105 Å². The van der Waals surface area contributed by atoms with Gasteiger partial charge in [-0.3, -0.25) is 4.79 Å². The highest BCUT2D eigenvalue weighted by molar-refractivity contribution is 5.93. The van der Waals surface area contributed by atoms with Crippen LogP contribution in [0.5, 0.6) is 0 Å². The lowest BCUT2D eigenvalue weighted by Crippen LogP contribution is -2.35. The summed E-state index contributed by atoms with van der Waals surface area (Å²) in [6.07, 6.45) is 3.43. The molecule has 1 aliphatic rings. The first-order chi connectivity index (χ1) is 8.72. The Balaban J connectivity index is 1.68. The van der Waals surface area contributed by atoms with Crippen molar-refractivity contribution in [3.63, 3.8) is 0 Å². The lowest BCUT2D eigenvalue weighted by molar-refractivity contribution is 0.0934. The molecule has 1 amide bonds. The topological polar surface area (TPSA) is 70.9 Å². The van der Waals surface area contributed by atoms with Crippen LogP contribution in [-0.2, 0) is 12.8 Å². The number of H-pyrrole nitrogens is 1. The minimum atomic E-state index is -0.0930. The number of benzene rings is 1. The lowest BCUT2D eigenvalue weighted by Gasteiger charge is -2.10. The molecule has 0 radical (unpaired) electrons. The third-order valence-corrected chi connectivity index (χ3v) is 3.34. The first-order valence-electron chi connectivity index (χ1n) is 6.04. The summed E-state index contributed by atoms with van der Waals surface area (Å²) in [7, 11) is 0. The predicted molar refractivity (Wildman–Crippen MR) is 70.3 cm³/mol. The van der Waals surface area contributed by atoms with Gasteiger partial charge in [0.2, 0.25) is 0 Å². The quantitative estimate of drug-likeness (QED) is 0.745. The van der Waals surface area contributed by atoms with E-state index in [1.807, 2.05) is 12.1 Å². The van der Waals surface area contributed by atoms with E-state index in [0.717, 1.165) is 12.8 Å². The first-order valence-corrected chi connectivity index (χ1v) is 6.04. The first kappa shape index (κ1) is 10.9. The molecule has 0 unspecified atom stereocenters. The van der Waals surface area contributed by atoms with Crippen molar-refractivity contribution < 1.29 is 4.79 Å². The van der Waals surface area contributed by atoms with Gasteiger partial charge in [0.1, 0.15) is 5.69 Å². The van der Waals surface area contributed by atoms with Crippen molar-refractivity contribution in [1.82, 2.24) is 10.3 Å². The molecule has 4 heteroatoms. The zero-order valence-electron chi connectivity index (χ0n) is 9.94. The van der Waals surface area contributed by atoms with Gasteiger partial charge in [-0.05, 0) is 30.0 Å². The van der Waals surface area contributed by atoms with Crippen LogP contribution in [0.25, 0.3) is 0 Å². The van der Waals surface area contributed by atoms with E-state index in [1.54, 1.807) is 12.3 Å². The van der Waals surface area contributed by atoms with E-state index in [0.29, 0.717) is 11.4 Å². The Morgan fingerprint density at radius 1 is 1.28 bits per heavy atom. The molecule has 3 rings (SSSR count). The molecule has 0 saturated carbocycles. The molecular weight excluding hydrogens is 226 g/mol. The number of amides is 1. The van der Waals surface area contributed by atoms with Gasteiger partial charge in [0, 0.05) is 17.9 Å². The van der Waals surface area contributed by atoms with Gasteiger partial charge >= 0.3 is 0 Å². The summed E-state index contributed by atoms with van der Waals surface area (Å²) in [5.41, 5.74) is 9.33. The number of anilines is 1. The van der Waals surface area contributed by atoms with Gasteiger partial charge in [-0.15, -0.1) is 0 Å². The van der Waals surface area contributed by atoms with Crippen LogP contribution >= 0.6 is 0 Å². The van der Waals surface area contributed by atoms with Crippen LogP contribution in [0.2, 0.25) is 0 Å². The number of nitrogens with two attached hydrogens (primary N) is 1. The third kappa shape index (κ3) is 1.97. The summed E-state index contributed by atoms with van der Waals surface area (Å²) < 4.78 is 0. The number of nitrogen functional groups attached to an aromatic ring is 1. The molecule has 1 heterocycles. The van der Waals surface area contributed by atoms with Crippen molar-refractivity contribution in [1.29, 1.82) is 0 Å². The van der Waals surface area contributed by atoms with E-state index < -0.39 is 0 Å². The van der Waals surface area contributed by atoms with E-state index in [1.165, 1.54) is 11.1 Å². The fraction of sp³-hybridized carbons (Fsp3) is 0.214. The number of hydrogen-bond acceptors (Lipinski definition) is 2. The molecule has 18 heavy (non-hydrogen) atoms. The highest BCUT2D eigenvalue weighted by Crippen LogP contribution is 2.21. The number of aromatic amines is 1. The summed E-state index contributed by atoms with van der Waals surface area (Å²) >= 11 is 0. The molecule has 4 nitrogen and oxygen atoms in total. The Morgan fingerprint density at radius 3 is 2.50 bits per heavy atom. The largest absolute Gasteiger partial charge is 0.397 e. The van der Waals surface area contributed by atoms with Gasteiger partial charge in [-0.2, -0.15) is 0 Å². The maximum Gasteiger partial charge on any atom is 0.268 e. The van der Waals surface area contributed by atoms with Crippen molar-refractivity contribution in [2.45, 2.75) is 18.9 Å². The van der Waals surface area contributed by atoms with E-state index in [-0.39, 0.29) is 11.9 Å². The van der Waals surface area contributed by atoms with Crippen molar-refractivity contribution >= 4 is 11.6 Å². The SMILES string of the molecule is Nc1c[nH]c(C(=O)NC2Cc3ccccc3C2)c1. The van der Waals surface area contributed by atoms with E-state index in [4.69, 9.17) is 5.73 Å². The summed E-state index contributed by atoms with van der Waals surface area (Å²) in [6, 6.07) is 10.1. The zero-order valence-corrected chi connectivity index (χ0v) is 9.94. The number of carbonyl (C=O) groups excluding carboxylic acids is 1. The van der Waals surface area contributed by atoms with Crippen LogP contribution in [0, 0.1) is 0 Å². The molecule has 1 aromatic heterocycles. The molecule has 1 aromatic carbocycles. The Hall–Kier alpha value is -2.23. The maximum absolute atomic E-state index is 12.0. The van der Waals surface area contributed by atoms with Crippen LogP contribution in [0.4, 0.5) is 5.69 Å². The van der Waals surface area contributed by atoms with Crippen LogP contribution in [-0.4, -0.2) is 16.9 Å². The molecule has 0 spiro atoms. The van der Waals surface area contributed by atoms with Crippen LogP contribution in [0.15, 0.2) is 36.5 Å². The number of nitrogens with one attached hydrogen (secondary N) is 2. The van der Waals surface area contributed by atoms with Gasteiger partial charge < -0.3 is 16.0 Å². The minimum Gasteiger partial charge on any atom is -0.397 e. The number of aromatic nitrogens is 1. The van der Waals surface area contributed by atoms with Crippen molar-refractivity contribution in [3.05, 3.63) is 53.3 Å². The van der Waals surface area contributed by atoms with Crippen molar-refractivity contribution in [3.8, 4) is 0 Å². The summed E-state index contributed by atoms with van der Waals surface area (Å²) in [5, 5.41) is 3.03. The molecule has 0 atom stereocenters. The van der Waals surface area contributed by atoms with Crippen LogP contribution in [0.1, 0.15) is 21.6 Å². The normalized spacial score (nSPS) is 14.4. The smallest absolute Gasteiger partial charge is 0.268 e. The number of carbonyl (C=O) groups is 1. The second-order valence-electron chi connectivity index (χ2n) is 4.69. The standard InChI is InChI=1S/C14H15N3O/c15-11-7-13(16-8-11)14(18)17-12-5-9-3-1-2-4-10(9)6-12/h1-4,7-8,12,16H,5-6,15H2,(H,17,18). The Morgan fingerprint density at radius 2 is 1.94 bits per heavy atom. The van der Waals surface area contributed by atoms with Gasteiger partial charge in [-0.1, -0.05) is 24.3 Å². The third-order valence-electron chi connectivity index (χ3n) is 3.34. The molecule has 2 aromatic rings. The number of rotatable bonds is 2. The Kier molecular flexibility index (Phi) is 2.55. The second-order valence-corrected chi connectivity index (χ2v) is 4.69. The Bertz CT molecular complexity index is 563. The highest BCUT2D eigenvalue weighted by Gasteiger charge is 2.23. The molecule has 1 aliphatic carbocycles. The summed E-state index contributed by atoms with van der Waals surface area (Å²) in [4.78, 5) is 14.8. The fourth-order valence-electron chi connectivity index (χ4n) is 2.47. The highest BCUT2D eigenvalue weighted by atomic mass is 16.1. The molecule has 0 bridgehead atoms. The molecular formula is C14H15N3O. The lowest BCUT2D eigenvalue weighted by atomic mass is 10.1. The zero-order chi connectivity index (χ0) is 12.5. The second kappa shape index (κ2) is 4.22. The minimum absolute atomic E-state index is 0.0930. The summed E-state index contributed by atoms with van der Waals surface area (Å²) in [6.45, 7) is 0. The van der Waals surface area contributed by atoms with Crippen molar-refractivity contribution in [2.75, 3.05) is 5.73 Å². The van der Waals surface area contributed by atoms with E-state index in [9.17, 15) is 4.79 Å². The predicted octanol–water partition coefficient (Wildman–Crippen LogP) is 1.49. The maximum atomic E-state index is 12.0. The molecule has 92 valence electrons. The monoisotopic (exact) mass is 241 g/mol. The van der Waals surface area contributed by atoms with E-state index in [2.05, 4.69) is 22.4 Å². The van der Waals surface area contributed by atoms with Crippen LogP contribution in [0.3, 0.4) is 0 Å². The fourth-order valence-corrected chi connectivity index (χ4v) is 2.47. The van der Waals surface area contributed by atoms with Gasteiger partial charge in [0.05, 0.1) is 0 Å². The average molecular weight is 241 g/mol. The van der Waals surface area contributed by atoms with Gasteiger partial charge in [0.15, 0.2) is 0 Å². The average Bonchev–Trinajstić information content (AvgIpc) is 2.94. The van der Waals surface area contributed by atoms with Gasteiger partial charge in [-0.25, -0.2) is 0 Å². The summed E-state index contributed by atoms with van der Waals surface area (Å²) in [5.74, 6) is -0.0930. The molecule has 0 saturated heterocycles. The van der Waals surface area contributed by atoms with Crippen molar-refractivity contribution in [2.24, 2.45) is 0 Å².